The van der Waals surface area contributed by atoms with Gasteiger partial charge >= 0.3 is 6.09 Å². The molecule has 3 heterocycles. The van der Waals surface area contributed by atoms with E-state index in [1.165, 1.54) is 24.1 Å². The van der Waals surface area contributed by atoms with Gasteiger partial charge in [0.1, 0.15) is 11.4 Å². The summed E-state index contributed by atoms with van der Waals surface area (Å²) >= 11 is 6.52. The number of nitrogens with one attached hydrogen (secondary N) is 1. The van der Waals surface area contributed by atoms with Crippen molar-refractivity contribution in [3.05, 3.63) is 68.1 Å². The molecule has 38 heavy (non-hydrogen) atoms. The number of nitrogens with zero attached hydrogens (tertiary/aromatic N) is 5. The second-order valence-electron chi connectivity index (χ2n) is 9.87. The zero-order valence-corrected chi connectivity index (χ0v) is 22.2. The van der Waals surface area contributed by atoms with E-state index in [1.54, 1.807) is 32.4 Å². The molecular weight excluding hydrogens is 519 g/mol. The van der Waals surface area contributed by atoms with E-state index >= 15 is 0 Å². The number of nitro benzene ring substituents is 1. The molecule has 0 fully saturated rings. The normalized spacial score (nSPS) is 13.2. The number of anilines is 1. The molecule has 200 valence electrons. The largest absolute Gasteiger partial charge is 0.444 e. The first-order valence-electron chi connectivity index (χ1n) is 11.7. The maximum atomic E-state index is 14.1. The number of ether oxygens (including phenoxy) is 1. The minimum Gasteiger partial charge on any atom is -0.444 e. The van der Waals surface area contributed by atoms with Crippen LogP contribution in [-0.4, -0.2) is 48.5 Å². The third-order valence-electron chi connectivity index (χ3n) is 6.04. The van der Waals surface area contributed by atoms with E-state index in [2.05, 4.69) is 15.3 Å². The average molecular weight is 545 g/mol. The Balaban J connectivity index is 1.60. The van der Waals surface area contributed by atoms with E-state index in [0.717, 1.165) is 17.8 Å². The Morgan fingerprint density at radius 2 is 2.00 bits per heavy atom. The number of imidazole rings is 1. The van der Waals surface area contributed by atoms with Gasteiger partial charge in [0, 0.05) is 43.0 Å². The molecule has 0 spiro atoms. The monoisotopic (exact) mass is 544 g/mol. The van der Waals surface area contributed by atoms with Crippen molar-refractivity contribution in [2.24, 2.45) is 7.05 Å². The summed E-state index contributed by atoms with van der Waals surface area (Å²) in [5, 5.41) is 14.0. The number of fused-ring (bicyclic) bond motifs is 1. The average Bonchev–Trinajstić information content (AvgIpc) is 3.16. The third kappa shape index (κ3) is 5.30. The molecule has 0 saturated heterocycles. The van der Waals surface area contributed by atoms with Gasteiger partial charge in [-0.25, -0.2) is 14.2 Å². The first-order valence-corrected chi connectivity index (χ1v) is 12.1. The molecule has 1 aliphatic heterocycles. The second kappa shape index (κ2) is 10.0. The van der Waals surface area contributed by atoms with Gasteiger partial charge in [-0.3, -0.25) is 19.9 Å². The van der Waals surface area contributed by atoms with E-state index < -0.39 is 34.0 Å². The summed E-state index contributed by atoms with van der Waals surface area (Å²) in [6.07, 6.45) is 1.39. The van der Waals surface area contributed by atoms with E-state index in [0.29, 0.717) is 18.7 Å². The van der Waals surface area contributed by atoms with Gasteiger partial charge in [0.05, 0.1) is 39.6 Å². The summed E-state index contributed by atoms with van der Waals surface area (Å²) < 4.78 is 21.2. The predicted molar refractivity (Wildman–Crippen MR) is 138 cm³/mol. The minimum atomic E-state index is -0.816. The maximum absolute atomic E-state index is 14.1. The highest BCUT2D eigenvalue weighted by Gasteiger charge is 2.30. The number of benzene rings is 1. The molecule has 0 aliphatic carbocycles. The van der Waals surface area contributed by atoms with Crippen molar-refractivity contribution in [3.63, 3.8) is 0 Å². The lowest BCUT2D eigenvalue weighted by Crippen LogP contribution is -2.40. The van der Waals surface area contributed by atoms with Crippen LogP contribution < -0.4 is 5.32 Å². The van der Waals surface area contributed by atoms with Gasteiger partial charge in [-0.1, -0.05) is 11.6 Å². The molecule has 0 saturated carbocycles. The fourth-order valence-electron chi connectivity index (χ4n) is 4.22. The molecule has 11 nitrogen and oxygen atoms in total. The lowest BCUT2D eigenvalue weighted by atomic mass is 10.0. The number of rotatable bonds is 4. The lowest BCUT2D eigenvalue weighted by Gasteiger charge is -2.29. The number of hydrogen-bond acceptors (Lipinski definition) is 7. The van der Waals surface area contributed by atoms with Crippen LogP contribution in [0.25, 0.3) is 11.3 Å². The van der Waals surface area contributed by atoms with E-state index in [4.69, 9.17) is 16.3 Å². The molecule has 1 N–H and O–H groups in total. The molecular formula is C25H26ClFN6O5. The lowest BCUT2D eigenvalue weighted by molar-refractivity contribution is -0.385. The van der Waals surface area contributed by atoms with Gasteiger partial charge < -0.3 is 19.5 Å². The van der Waals surface area contributed by atoms with Crippen LogP contribution in [0.1, 0.15) is 48.3 Å². The summed E-state index contributed by atoms with van der Waals surface area (Å²) in [5.41, 5.74) is 0.919. The molecule has 0 unspecified atom stereocenters. The van der Waals surface area contributed by atoms with Crippen LogP contribution in [0.3, 0.4) is 0 Å². The van der Waals surface area contributed by atoms with Crippen LogP contribution in [-0.2, 0) is 24.8 Å². The summed E-state index contributed by atoms with van der Waals surface area (Å²) in [6.45, 7) is 7.45. The third-order valence-corrected chi connectivity index (χ3v) is 6.43. The summed E-state index contributed by atoms with van der Waals surface area (Å²) in [5.74, 6) is -1.27. The fourth-order valence-corrected chi connectivity index (χ4v) is 4.48. The predicted octanol–water partition coefficient (Wildman–Crippen LogP) is 5.04. The van der Waals surface area contributed by atoms with Gasteiger partial charge in [0.2, 0.25) is 0 Å². The number of hydrogen-bond donors (Lipinski definition) is 1. The van der Waals surface area contributed by atoms with Crippen molar-refractivity contribution in [2.45, 2.75) is 46.3 Å². The fraction of sp³-hybridized carbons (Fsp3) is 0.360. The summed E-state index contributed by atoms with van der Waals surface area (Å²) in [7, 11) is 1.71. The Kier molecular flexibility index (Phi) is 7.11. The Bertz CT molecular complexity index is 1470. The molecule has 1 aromatic carbocycles. The number of amides is 2. The van der Waals surface area contributed by atoms with Crippen molar-refractivity contribution < 1.29 is 23.6 Å². The molecule has 3 aromatic rings. The zero-order valence-electron chi connectivity index (χ0n) is 21.5. The van der Waals surface area contributed by atoms with Gasteiger partial charge in [0.15, 0.2) is 5.82 Å². The number of carbonyl (C=O) groups is 2. The summed E-state index contributed by atoms with van der Waals surface area (Å²) in [4.78, 5) is 46.5. The van der Waals surface area contributed by atoms with Crippen molar-refractivity contribution in [1.82, 2.24) is 19.4 Å². The maximum Gasteiger partial charge on any atom is 0.410 e. The zero-order chi connectivity index (χ0) is 27.9. The summed E-state index contributed by atoms with van der Waals surface area (Å²) in [6, 6.07) is 3.39. The smallest absolute Gasteiger partial charge is 0.410 e. The molecule has 13 heteroatoms. The van der Waals surface area contributed by atoms with Crippen LogP contribution in [0.5, 0.6) is 0 Å². The SMILES string of the molecule is Cc1c(-c2nccc(NC(=O)c3nc4c(n3C)CCN(C(=O)OC(C)(C)C)C4)c2Cl)cc(F)cc1[N+](=O)[O-]. The number of aromatic nitrogens is 3. The standard InChI is InChI=1S/C25H26ClFN6O5/c1-13-15(10-14(27)11-19(13)33(36)37)21-20(26)16(6-8-28-21)30-23(34)22-29-17-12-32(9-7-18(17)31(22)5)24(35)38-25(2,3)4/h6,8,10-11H,7,9,12H2,1-5H3,(H,28,30,34). The number of nitro groups is 1. The highest BCUT2D eigenvalue weighted by molar-refractivity contribution is 6.36. The van der Waals surface area contributed by atoms with Crippen molar-refractivity contribution in [2.75, 3.05) is 11.9 Å². The topological polar surface area (TPSA) is 132 Å². The van der Waals surface area contributed by atoms with E-state index in [1.807, 2.05) is 0 Å². The van der Waals surface area contributed by atoms with Gasteiger partial charge in [0.25, 0.3) is 11.6 Å². The van der Waals surface area contributed by atoms with Crippen molar-refractivity contribution in [3.8, 4) is 11.3 Å². The first kappa shape index (κ1) is 27.0. The Labute approximate surface area is 222 Å². The Morgan fingerprint density at radius 3 is 2.66 bits per heavy atom. The van der Waals surface area contributed by atoms with Gasteiger partial charge in [-0.05, 0) is 39.8 Å². The van der Waals surface area contributed by atoms with Gasteiger partial charge in [-0.2, -0.15) is 0 Å². The highest BCUT2D eigenvalue weighted by atomic mass is 35.5. The van der Waals surface area contributed by atoms with Crippen molar-refractivity contribution >= 4 is 35.0 Å². The molecule has 2 aromatic heterocycles. The second-order valence-corrected chi connectivity index (χ2v) is 10.2. The highest BCUT2D eigenvalue weighted by Crippen LogP contribution is 2.37. The van der Waals surface area contributed by atoms with Crippen LogP contribution in [0.15, 0.2) is 24.4 Å². The number of pyridine rings is 1. The van der Waals surface area contributed by atoms with Crippen LogP contribution >= 0.6 is 11.6 Å². The van der Waals surface area contributed by atoms with E-state index in [-0.39, 0.29) is 39.9 Å². The Morgan fingerprint density at radius 1 is 1.29 bits per heavy atom. The quantitative estimate of drug-likeness (QED) is 0.359. The number of carbonyl (C=O) groups excluding carboxylic acids is 2. The Hall–Kier alpha value is -4.06. The van der Waals surface area contributed by atoms with Crippen LogP contribution in [0.4, 0.5) is 20.6 Å². The van der Waals surface area contributed by atoms with Gasteiger partial charge in [-0.15, -0.1) is 0 Å². The minimum absolute atomic E-state index is 0.0149. The number of halogens is 2. The molecule has 0 bridgehead atoms. The van der Waals surface area contributed by atoms with Crippen molar-refractivity contribution in [1.29, 1.82) is 0 Å². The van der Waals surface area contributed by atoms with E-state index in [9.17, 15) is 24.1 Å². The van der Waals surface area contributed by atoms with Crippen LogP contribution in [0.2, 0.25) is 5.02 Å². The molecule has 2 amide bonds. The molecule has 0 atom stereocenters. The molecule has 4 rings (SSSR count). The molecule has 0 radical (unpaired) electrons. The molecule has 1 aliphatic rings. The van der Waals surface area contributed by atoms with Crippen LogP contribution in [0, 0.1) is 22.9 Å². The first-order chi connectivity index (χ1) is 17.8.